The largest absolute Gasteiger partial charge is 0.324 e. The molecule has 1 fully saturated rings. The van der Waals surface area contributed by atoms with Gasteiger partial charge in [0.15, 0.2) is 11.0 Å². The fourth-order valence-corrected chi connectivity index (χ4v) is 5.16. The van der Waals surface area contributed by atoms with Crippen LogP contribution < -0.4 is 5.32 Å². The van der Waals surface area contributed by atoms with Crippen molar-refractivity contribution in [1.29, 1.82) is 0 Å². The van der Waals surface area contributed by atoms with Crippen LogP contribution in [0, 0.1) is 12.8 Å². The quantitative estimate of drug-likeness (QED) is 0.476. The highest BCUT2D eigenvalue weighted by Crippen LogP contribution is 2.38. The Bertz CT molecular complexity index is 1060. The van der Waals surface area contributed by atoms with Crippen molar-refractivity contribution in [2.24, 2.45) is 5.92 Å². The van der Waals surface area contributed by atoms with Crippen LogP contribution in [0.3, 0.4) is 0 Å². The van der Waals surface area contributed by atoms with E-state index in [1.54, 1.807) is 6.20 Å². The first kappa shape index (κ1) is 21.8. The second-order valence-corrected chi connectivity index (χ2v) is 9.42. The number of halogens is 1. The van der Waals surface area contributed by atoms with Crippen molar-refractivity contribution in [3.8, 4) is 11.4 Å². The average Bonchev–Trinajstić information content (AvgIpc) is 3.19. The predicted molar refractivity (Wildman–Crippen MR) is 125 cm³/mol. The van der Waals surface area contributed by atoms with Crippen molar-refractivity contribution in [3.05, 3.63) is 53.3 Å². The Morgan fingerprint density at radius 1 is 1.26 bits per heavy atom. The van der Waals surface area contributed by atoms with E-state index < -0.39 is 0 Å². The molecule has 2 atom stereocenters. The summed E-state index contributed by atoms with van der Waals surface area (Å²) in [5.74, 6) is 1.46. The fourth-order valence-electron chi connectivity index (χ4n) is 4.08. The van der Waals surface area contributed by atoms with E-state index >= 15 is 0 Å². The van der Waals surface area contributed by atoms with E-state index in [9.17, 15) is 4.79 Å². The fraction of sp³-hybridized carbons (Fsp3) is 0.391. The summed E-state index contributed by atoms with van der Waals surface area (Å²) in [6.45, 7) is 4.25. The van der Waals surface area contributed by atoms with E-state index in [1.807, 2.05) is 43.5 Å². The third-order valence-corrected chi connectivity index (χ3v) is 6.97. The van der Waals surface area contributed by atoms with Gasteiger partial charge in [0.05, 0.1) is 16.5 Å². The van der Waals surface area contributed by atoms with Gasteiger partial charge in [-0.05, 0) is 55.5 Å². The molecular weight excluding hydrogens is 430 g/mol. The lowest BCUT2D eigenvalue weighted by molar-refractivity contribution is -0.113. The Morgan fingerprint density at radius 2 is 2.10 bits per heavy atom. The Kier molecular flexibility index (Phi) is 6.92. The third kappa shape index (κ3) is 5.10. The van der Waals surface area contributed by atoms with Gasteiger partial charge in [-0.2, -0.15) is 0 Å². The molecule has 2 heterocycles. The predicted octanol–water partition coefficient (Wildman–Crippen LogP) is 5.78. The molecule has 0 aliphatic heterocycles. The van der Waals surface area contributed by atoms with Gasteiger partial charge >= 0.3 is 0 Å². The SMILES string of the molecule is Cc1ccc(NC(=O)CSc2nnc(-c3cccnc3)n2C2CCCCC2C)c(Cl)c1. The summed E-state index contributed by atoms with van der Waals surface area (Å²) in [6, 6.07) is 9.82. The molecule has 2 unspecified atom stereocenters. The van der Waals surface area contributed by atoms with Gasteiger partial charge in [0, 0.05) is 24.0 Å². The number of pyridine rings is 1. The molecule has 162 valence electrons. The monoisotopic (exact) mass is 455 g/mol. The maximum Gasteiger partial charge on any atom is 0.234 e. The van der Waals surface area contributed by atoms with Gasteiger partial charge in [-0.25, -0.2) is 0 Å². The van der Waals surface area contributed by atoms with Gasteiger partial charge in [0.1, 0.15) is 0 Å². The topological polar surface area (TPSA) is 72.7 Å². The first-order chi connectivity index (χ1) is 15.0. The van der Waals surface area contributed by atoms with Gasteiger partial charge in [-0.1, -0.05) is 49.2 Å². The second-order valence-electron chi connectivity index (χ2n) is 8.07. The van der Waals surface area contributed by atoms with E-state index in [-0.39, 0.29) is 11.7 Å². The van der Waals surface area contributed by atoms with Crippen molar-refractivity contribution in [3.63, 3.8) is 0 Å². The Hall–Kier alpha value is -2.38. The van der Waals surface area contributed by atoms with E-state index in [0.29, 0.717) is 22.7 Å². The molecule has 3 aromatic rings. The lowest BCUT2D eigenvalue weighted by Gasteiger charge is -2.31. The summed E-state index contributed by atoms with van der Waals surface area (Å²) in [4.78, 5) is 16.8. The molecule has 0 radical (unpaired) electrons. The number of aromatic nitrogens is 4. The van der Waals surface area contributed by atoms with Crippen molar-refractivity contribution in [1.82, 2.24) is 19.7 Å². The minimum atomic E-state index is -0.120. The lowest BCUT2D eigenvalue weighted by atomic mass is 9.85. The van der Waals surface area contributed by atoms with Crippen LogP contribution in [0.1, 0.15) is 44.2 Å². The molecule has 8 heteroatoms. The van der Waals surface area contributed by atoms with Crippen LogP contribution in [0.15, 0.2) is 47.9 Å². The molecule has 6 nitrogen and oxygen atoms in total. The van der Waals surface area contributed by atoms with Gasteiger partial charge in [-0.15, -0.1) is 10.2 Å². The Balaban J connectivity index is 1.55. The maximum absolute atomic E-state index is 12.6. The third-order valence-electron chi connectivity index (χ3n) is 5.71. The zero-order valence-electron chi connectivity index (χ0n) is 17.7. The number of carbonyl (C=O) groups is 1. The highest BCUT2D eigenvalue weighted by molar-refractivity contribution is 7.99. The number of nitrogens with one attached hydrogen (secondary N) is 1. The number of nitrogens with zero attached hydrogens (tertiary/aromatic N) is 4. The van der Waals surface area contributed by atoms with E-state index in [1.165, 1.54) is 31.0 Å². The van der Waals surface area contributed by atoms with Crippen LogP contribution in [0.2, 0.25) is 5.02 Å². The van der Waals surface area contributed by atoms with E-state index in [2.05, 4.69) is 32.0 Å². The molecule has 1 amide bonds. The second kappa shape index (κ2) is 9.83. The van der Waals surface area contributed by atoms with E-state index in [4.69, 9.17) is 11.6 Å². The Labute approximate surface area is 191 Å². The number of amides is 1. The molecule has 31 heavy (non-hydrogen) atoms. The number of rotatable bonds is 6. The molecule has 4 rings (SSSR count). The first-order valence-electron chi connectivity index (χ1n) is 10.6. The highest BCUT2D eigenvalue weighted by atomic mass is 35.5. The summed E-state index contributed by atoms with van der Waals surface area (Å²) in [7, 11) is 0. The molecule has 0 spiro atoms. The normalized spacial score (nSPS) is 18.7. The number of anilines is 1. The van der Waals surface area contributed by atoms with Crippen LogP contribution in [0.25, 0.3) is 11.4 Å². The Morgan fingerprint density at radius 3 is 2.84 bits per heavy atom. The van der Waals surface area contributed by atoms with Crippen molar-refractivity contribution >= 4 is 35.0 Å². The number of thioether (sulfide) groups is 1. The van der Waals surface area contributed by atoms with Crippen LogP contribution >= 0.6 is 23.4 Å². The number of benzene rings is 1. The van der Waals surface area contributed by atoms with Crippen LogP contribution in [-0.4, -0.2) is 31.4 Å². The number of hydrogen-bond acceptors (Lipinski definition) is 5. The highest BCUT2D eigenvalue weighted by Gasteiger charge is 2.29. The number of carbonyl (C=O) groups excluding carboxylic acids is 1. The molecular formula is C23H26ClN5OS. The van der Waals surface area contributed by atoms with Crippen LogP contribution in [0.4, 0.5) is 5.69 Å². The van der Waals surface area contributed by atoms with Crippen LogP contribution in [-0.2, 0) is 4.79 Å². The van der Waals surface area contributed by atoms with Gasteiger partial charge in [0.2, 0.25) is 5.91 Å². The summed E-state index contributed by atoms with van der Waals surface area (Å²) in [5, 5.41) is 13.1. The number of aryl methyl sites for hydroxylation is 1. The zero-order valence-corrected chi connectivity index (χ0v) is 19.3. The molecule has 1 aliphatic carbocycles. The summed E-state index contributed by atoms with van der Waals surface area (Å²) in [5.41, 5.74) is 2.61. The van der Waals surface area contributed by atoms with E-state index in [0.717, 1.165) is 28.5 Å². The molecule has 0 bridgehead atoms. The van der Waals surface area contributed by atoms with Crippen molar-refractivity contribution in [2.75, 3.05) is 11.1 Å². The molecule has 1 N–H and O–H groups in total. The zero-order chi connectivity index (χ0) is 21.8. The first-order valence-corrected chi connectivity index (χ1v) is 11.9. The number of hydrogen-bond donors (Lipinski definition) is 1. The minimum Gasteiger partial charge on any atom is -0.324 e. The summed E-state index contributed by atoms with van der Waals surface area (Å²) < 4.78 is 2.22. The lowest BCUT2D eigenvalue weighted by Crippen LogP contribution is -2.23. The van der Waals surface area contributed by atoms with Crippen molar-refractivity contribution < 1.29 is 4.79 Å². The molecule has 1 aromatic carbocycles. The average molecular weight is 456 g/mol. The maximum atomic E-state index is 12.6. The summed E-state index contributed by atoms with van der Waals surface area (Å²) in [6.07, 6.45) is 8.29. The van der Waals surface area contributed by atoms with Gasteiger partial charge < -0.3 is 5.32 Å². The molecule has 1 aliphatic rings. The smallest absolute Gasteiger partial charge is 0.234 e. The van der Waals surface area contributed by atoms with Crippen LogP contribution in [0.5, 0.6) is 0 Å². The van der Waals surface area contributed by atoms with Gasteiger partial charge in [-0.3, -0.25) is 14.3 Å². The van der Waals surface area contributed by atoms with Crippen molar-refractivity contribution in [2.45, 2.75) is 50.7 Å². The summed E-state index contributed by atoms with van der Waals surface area (Å²) >= 11 is 7.66. The molecule has 1 saturated carbocycles. The minimum absolute atomic E-state index is 0.120. The molecule has 2 aromatic heterocycles. The van der Waals surface area contributed by atoms with Gasteiger partial charge in [0.25, 0.3) is 0 Å². The standard InChI is InChI=1S/C23H26ClN5OS/c1-15-9-10-19(18(24)12-15)26-21(30)14-31-23-28-27-22(17-7-5-11-25-13-17)29(23)20-8-4-3-6-16(20)2/h5,7,9-13,16,20H,3-4,6,8,14H2,1-2H3,(H,26,30). The molecule has 0 saturated heterocycles.